The van der Waals surface area contributed by atoms with E-state index in [0.717, 1.165) is 51.4 Å². The van der Waals surface area contributed by atoms with E-state index in [1.807, 2.05) is 12.2 Å². The lowest BCUT2D eigenvalue weighted by molar-refractivity contribution is -0.166. The van der Waals surface area contributed by atoms with Crippen molar-refractivity contribution < 1.29 is 28.6 Å². The SMILES string of the molecule is CC/C=C\C/C=C\C/C=C\CC(=O)OCC(COC(=O)CCCCCCCCC/C=C\CCCCCCCC)OC(=O)CC/C=C\C/C=C\CCCCCCCC. The standard InChI is InChI=1S/C51H86O6/c1-4-7-10-13-16-19-21-23-24-25-26-28-29-32-35-38-41-44-50(53)56-47-48(46-55-49(52)43-40-37-34-31-18-15-12-9-6-3)57-51(54)45-42-39-36-33-30-27-22-20-17-14-11-8-5-2/h9,12,18,23-24,27,30-31,36-37,39-40,48H,4-8,10-11,13-17,19-22,25-26,28-29,32-35,38,41-47H2,1-3H3/b12-9-,24-23-,30-27-,31-18-,39-36-,40-37-. The predicted molar refractivity (Wildman–Crippen MR) is 242 cm³/mol. The Labute approximate surface area is 351 Å². The number of esters is 3. The van der Waals surface area contributed by atoms with Gasteiger partial charge in [-0.3, -0.25) is 14.4 Å². The lowest BCUT2D eigenvalue weighted by Gasteiger charge is -2.18. The number of rotatable bonds is 41. The van der Waals surface area contributed by atoms with Crippen LogP contribution in [0.3, 0.4) is 0 Å². The Morgan fingerprint density at radius 1 is 0.386 bits per heavy atom. The van der Waals surface area contributed by atoms with Crippen LogP contribution in [0.2, 0.25) is 0 Å². The minimum absolute atomic E-state index is 0.124. The van der Waals surface area contributed by atoms with Crippen LogP contribution in [0.25, 0.3) is 0 Å². The normalized spacial score (nSPS) is 12.7. The van der Waals surface area contributed by atoms with Gasteiger partial charge in [-0.25, -0.2) is 0 Å². The summed E-state index contributed by atoms with van der Waals surface area (Å²) in [6.45, 7) is 6.34. The molecule has 1 unspecified atom stereocenters. The number of hydrogen-bond donors (Lipinski definition) is 0. The molecular formula is C51H86O6. The Morgan fingerprint density at radius 3 is 1.32 bits per heavy atom. The number of hydrogen-bond acceptors (Lipinski definition) is 6. The molecule has 0 aromatic carbocycles. The van der Waals surface area contributed by atoms with Crippen LogP contribution in [0.1, 0.15) is 213 Å². The van der Waals surface area contributed by atoms with Gasteiger partial charge in [0.15, 0.2) is 6.10 Å². The van der Waals surface area contributed by atoms with Crippen LogP contribution in [0, 0.1) is 0 Å². The molecule has 0 fully saturated rings. The summed E-state index contributed by atoms with van der Waals surface area (Å²) < 4.78 is 16.5. The van der Waals surface area contributed by atoms with Crippen LogP contribution in [0.5, 0.6) is 0 Å². The molecule has 0 spiro atoms. The van der Waals surface area contributed by atoms with E-state index >= 15 is 0 Å². The number of allylic oxidation sites excluding steroid dienone is 11. The van der Waals surface area contributed by atoms with Crippen LogP contribution in [0.15, 0.2) is 72.9 Å². The maximum absolute atomic E-state index is 12.7. The fourth-order valence-electron chi connectivity index (χ4n) is 6.20. The van der Waals surface area contributed by atoms with Gasteiger partial charge in [0.25, 0.3) is 0 Å². The van der Waals surface area contributed by atoms with Gasteiger partial charge in [-0.15, -0.1) is 0 Å². The molecule has 0 N–H and O–H groups in total. The van der Waals surface area contributed by atoms with Crippen molar-refractivity contribution >= 4 is 17.9 Å². The summed E-state index contributed by atoms with van der Waals surface area (Å²) >= 11 is 0. The molecule has 0 aliphatic carbocycles. The van der Waals surface area contributed by atoms with Crippen molar-refractivity contribution in [1.29, 1.82) is 0 Å². The van der Waals surface area contributed by atoms with E-state index in [2.05, 4.69) is 75.5 Å². The van der Waals surface area contributed by atoms with Crippen molar-refractivity contribution in [1.82, 2.24) is 0 Å². The van der Waals surface area contributed by atoms with Gasteiger partial charge in [-0.1, -0.05) is 190 Å². The third-order valence-electron chi connectivity index (χ3n) is 9.71. The minimum Gasteiger partial charge on any atom is -0.462 e. The first-order valence-corrected chi connectivity index (χ1v) is 23.4. The lowest BCUT2D eigenvalue weighted by atomic mass is 10.1. The second-order valence-electron chi connectivity index (χ2n) is 15.3. The summed E-state index contributed by atoms with van der Waals surface area (Å²) in [5.74, 6) is -1.13. The van der Waals surface area contributed by atoms with Gasteiger partial charge in [0, 0.05) is 12.8 Å². The van der Waals surface area contributed by atoms with E-state index in [1.54, 1.807) is 6.08 Å². The van der Waals surface area contributed by atoms with Gasteiger partial charge in [0.2, 0.25) is 0 Å². The average Bonchev–Trinajstić information content (AvgIpc) is 3.21. The fourth-order valence-corrected chi connectivity index (χ4v) is 6.20. The molecule has 0 aromatic rings. The highest BCUT2D eigenvalue weighted by atomic mass is 16.6. The second-order valence-corrected chi connectivity index (χ2v) is 15.3. The monoisotopic (exact) mass is 795 g/mol. The fraction of sp³-hybridized carbons (Fsp3) is 0.706. The molecule has 0 aliphatic heterocycles. The highest BCUT2D eigenvalue weighted by molar-refractivity contribution is 5.72. The molecule has 0 saturated carbocycles. The first kappa shape index (κ1) is 53.9. The number of unbranched alkanes of at least 4 members (excludes halogenated alkanes) is 19. The van der Waals surface area contributed by atoms with Gasteiger partial charge in [-0.05, 0) is 77.0 Å². The van der Waals surface area contributed by atoms with Gasteiger partial charge >= 0.3 is 17.9 Å². The first-order chi connectivity index (χ1) is 28.0. The highest BCUT2D eigenvalue weighted by Gasteiger charge is 2.19. The Balaban J connectivity index is 4.45. The van der Waals surface area contributed by atoms with Gasteiger partial charge in [0.1, 0.15) is 13.2 Å². The van der Waals surface area contributed by atoms with Crippen LogP contribution in [-0.4, -0.2) is 37.2 Å². The Hall–Kier alpha value is -3.15. The largest absolute Gasteiger partial charge is 0.462 e. The van der Waals surface area contributed by atoms with Crippen LogP contribution >= 0.6 is 0 Å². The van der Waals surface area contributed by atoms with Crippen molar-refractivity contribution in [2.75, 3.05) is 13.2 Å². The summed E-state index contributed by atoms with van der Waals surface area (Å²) in [6.07, 6.45) is 56.5. The molecule has 326 valence electrons. The van der Waals surface area contributed by atoms with Crippen molar-refractivity contribution in [3.8, 4) is 0 Å². The van der Waals surface area contributed by atoms with E-state index in [-0.39, 0.29) is 32.0 Å². The molecule has 0 rings (SSSR count). The molecule has 0 saturated heterocycles. The molecule has 6 nitrogen and oxygen atoms in total. The second kappa shape index (κ2) is 45.6. The molecule has 1 atom stereocenters. The molecular weight excluding hydrogens is 709 g/mol. The third kappa shape index (κ3) is 43.8. The summed E-state index contributed by atoms with van der Waals surface area (Å²) in [5, 5.41) is 0. The summed E-state index contributed by atoms with van der Waals surface area (Å²) in [7, 11) is 0. The van der Waals surface area contributed by atoms with E-state index in [9.17, 15) is 14.4 Å². The lowest BCUT2D eigenvalue weighted by Crippen LogP contribution is -2.30. The highest BCUT2D eigenvalue weighted by Crippen LogP contribution is 2.13. The molecule has 0 aromatic heterocycles. The molecule has 6 heteroatoms. The topological polar surface area (TPSA) is 78.9 Å². The zero-order valence-corrected chi connectivity index (χ0v) is 37.1. The summed E-state index contributed by atoms with van der Waals surface area (Å²) in [4.78, 5) is 37.6. The van der Waals surface area contributed by atoms with E-state index < -0.39 is 18.0 Å². The van der Waals surface area contributed by atoms with Crippen molar-refractivity contribution in [3.05, 3.63) is 72.9 Å². The van der Waals surface area contributed by atoms with E-state index in [0.29, 0.717) is 12.8 Å². The Kier molecular flexibility index (Phi) is 43.0. The third-order valence-corrected chi connectivity index (χ3v) is 9.71. The van der Waals surface area contributed by atoms with E-state index in [1.165, 1.54) is 116 Å². The summed E-state index contributed by atoms with van der Waals surface area (Å²) in [6, 6.07) is 0. The van der Waals surface area contributed by atoms with Gasteiger partial charge in [-0.2, -0.15) is 0 Å². The zero-order valence-electron chi connectivity index (χ0n) is 37.1. The van der Waals surface area contributed by atoms with Crippen molar-refractivity contribution in [2.45, 2.75) is 219 Å². The molecule has 0 aliphatic rings. The van der Waals surface area contributed by atoms with E-state index in [4.69, 9.17) is 14.2 Å². The average molecular weight is 795 g/mol. The first-order valence-electron chi connectivity index (χ1n) is 23.4. The predicted octanol–water partition coefficient (Wildman–Crippen LogP) is 15.1. The smallest absolute Gasteiger partial charge is 0.309 e. The zero-order chi connectivity index (χ0) is 41.5. The molecule has 57 heavy (non-hydrogen) atoms. The van der Waals surface area contributed by atoms with Gasteiger partial charge < -0.3 is 14.2 Å². The number of carbonyl (C=O) groups excluding carboxylic acids is 3. The number of ether oxygens (including phenoxy) is 3. The van der Waals surface area contributed by atoms with Crippen LogP contribution in [-0.2, 0) is 28.6 Å². The molecule has 0 radical (unpaired) electrons. The minimum atomic E-state index is -0.840. The van der Waals surface area contributed by atoms with Gasteiger partial charge in [0.05, 0.1) is 6.42 Å². The Morgan fingerprint density at radius 2 is 0.789 bits per heavy atom. The van der Waals surface area contributed by atoms with Crippen molar-refractivity contribution in [2.24, 2.45) is 0 Å². The number of carbonyl (C=O) groups is 3. The molecule has 0 amide bonds. The maximum Gasteiger partial charge on any atom is 0.309 e. The molecule has 0 bridgehead atoms. The molecule has 0 heterocycles. The summed E-state index contributed by atoms with van der Waals surface area (Å²) in [5.41, 5.74) is 0. The van der Waals surface area contributed by atoms with Crippen molar-refractivity contribution in [3.63, 3.8) is 0 Å². The van der Waals surface area contributed by atoms with Crippen LogP contribution < -0.4 is 0 Å². The Bertz CT molecular complexity index is 1100. The van der Waals surface area contributed by atoms with Crippen LogP contribution in [0.4, 0.5) is 0 Å². The quantitative estimate of drug-likeness (QED) is 0.0265. The maximum atomic E-state index is 12.7.